The first kappa shape index (κ1) is 13.2. The first-order chi connectivity index (χ1) is 11.2. The highest BCUT2D eigenvalue weighted by molar-refractivity contribution is 5.72. The van der Waals surface area contributed by atoms with Crippen LogP contribution in [0, 0.1) is 17.1 Å². The maximum Gasteiger partial charge on any atom is 0.163 e. The number of nitriles is 1. The van der Waals surface area contributed by atoms with Gasteiger partial charge < -0.3 is 4.40 Å². The van der Waals surface area contributed by atoms with Gasteiger partial charge in [-0.15, -0.1) is 5.10 Å². The zero-order valence-corrected chi connectivity index (χ0v) is 11.7. The van der Waals surface area contributed by atoms with Gasteiger partial charge in [0, 0.05) is 23.5 Å². The maximum atomic E-state index is 13.3. The van der Waals surface area contributed by atoms with E-state index < -0.39 is 0 Å². The molecule has 1 aromatic carbocycles. The molecule has 0 spiro atoms. The number of hydrogen-bond acceptors (Lipinski definition) is 4. The van der Waals surface area contributed by atoms with E-state index in [1.54, 1.807) is 16.7 Å². The highest BCUT2D eigenvalue weighted by Crippen LogP contribution is 2.26. The summed E-state index contributed by atoms with van der Waals surface area (Å²) in [5.74, 6) is -0.323. The Hall–Kier alpha value is -3.53. The lowest BCUT2D eigenvalue weighted by Gasteiger charge is -2.00. The zero-order chi connectivity index (χ0) is 15.8. The molecule has 3 aromatic heterocycles. The molecule has 6 nitrogen and oxygen atoms in total. The Morgan fingerprint density at radius 3 is 2.87 bits per heavy atom. The molecule has 23 heavy (non-hydrogen) atoms. The second-order valence-electron chi connectivity index (χ2n) is 4.97. The quantitative estimate of drug-likeness (QED) is 0.617. The van der Waals surface area contributed by atoms with E-state index in [0.29, 0.717) is 22.7 Å². The summed E-state index contributed by atoms with van der Waals surface area (Å²) in [6.45, 7) is 0. The molecule has 0 saturated heterocycles. The monoisotopic (exact) mass is 304 g/mol. The van der Waals surface area contributed by atoms with Crippen LogP contribution in [0.5, 0.6) is 0 Å². The molecule has 0 aliphatic rings. The molecule has 1 N–H and O–H groups in total. The number of hydrogen-bond donors (Lipinski definition) is 1. The van der Waals surface area contributed by atoms with Crippen molar-refractivity contribution in [1.29, 1.82) is 5.26 Å². The largest absolute Gasteiger partial charge is 0.304 e. The molecule has 3 heterocycles. The number of halogens is 1. The Labute approximate surface area is 129 Å². The number of benzene rings is 1. The molecule has 0 bridgehead atoms. The summed E-state index contributed by atoms with van der Waals surface area (Å²) in [6, 6.07) is 12.5. The van der Waals surface area contributed by atoms with Gasteiger partial charge in [-0.1, -0.05) is 23.4 Å². The average molecular weight is 304 g/mol. The summed E-state index contributed by atoms with van der Waals surface area (Å²) < 4.78 is 14.9. The van der Waals surface area contributed by atoms with Crippen molar-refractivity contribution < 1.29 is 4.39 Å². The van der Waals surface area contributed by atoms with E-state index in [1.165, 1.54) is 12.3 Å². The van der Waals surface area contributed by atoms with Crippen molar-refractivity contribution in [3.8, 4) is 28.6 Å². The van der Waals surface area contributed by atoms with Crippen LogP contribution in [0.25, 0.3) is 28.2 Å². The first-order valence-electron chi connectivity index (χ1n) is 6.81. The van der Waals surface area contributed by atoms with Gasteiger partial charge in [0.05, 0.1) is 5.69 Å². The molecule has 110 valence electrons. The van der Waals surface area contributed by atoms with Gasteiger partial charge in [0.25, 0.3) is 0 Å². The molecule has 0 amide bonds. The van der Waals surface area contributed by atoms with Crippen LogP contribution in [-0.4, -0.2) is 24.8 Å². The number of H-pyrrole nitrogens is 1. The van der Waals surface area contributed by atoms with E-state index >= 15 is 0 Å². The third-order valence-electron chi connectivity index (χ3n) is 3.51. The molecule has 0 saturated carbocycles. The van der Waals surface area contributed by atoms with Crippen molar-refractivity contribution in [2.75, 3.05) is 0 Å². The second kappa shape index (κ2) is 5.03. The van der Waals surface area contributed by atoms with Crippen LogP contribution in [0.2, 0.25) is 0 Å². The lowest BCUT2D eigenvalue weighted by molar-refractivity contribution is 0.619. The molecule has 0 aliphatic heterocycles. The van der Waals surface area contributed by atoms with E-state index in [2.05, 4.69) is 20.4 Å². The summed E-state index contributed by atoms with van der Waals surface area (Å²) in [7, 11) is 0. The Balaban J connectivity index is 1.83. The number of fused-ring (bicyclic) bond motifs is 1. The molecule has 4 aromatic rings. The van der Waals surface area contributed by atoms with Gasteiger partial charge in [0.15, 0.2) is 5.69 Å². The Morgan fingerprint density at radius 1 is 1.13 bits per heavy atom. The fourth-order valence-corrected chi connectivity index (χ4v) is 2.44. The van der Waals surface area contributed by atoms with Crippen molar-refractivity contribution in [2.24, 2.45) is 0 Å². The van der Waals surface area contributed by atoms with Gasteiger partial charge in [-0.2, -0.15) is 5.26 Å². The van der Waals surface area contributed by atoms with Crippen molar-refractivity contribution in [3.63, 3.8) is 0 Å². The average Bonchev–Trinajstić information content (AvgIpc) is 3.21. The summed E-state index contributed by atoms with van der Waals surface area (Å²) in [5, 5.41) is 19.2. The van der Waals surface area contributed by atoms with Crippen molar-refractivity contribution in [2.45, 2.75) is 0 Å². The molecule has 4 rings (SSSR count). The first-order valence-corrected chi connectivity index (χ1v) is 6.81. The van der Waals surface area contributed by atoms with E-state index in [-0.39, 0.29) is 5.82 Å². The standard InChI is InChI=1S/C16H9FN6/c17-12-4-5-15-19-14(9-23(15)8-12)10-2-1-3-11(6-10)16-13(7-18)20-22-21-16/h1-6,8-9H,(H,20,21,22). The fourth-order valence-electron chi connectivity index (χ4n) is 2.44. The van der Waals surface area contributed by atoms with Gasteiger partial charge in [0.1, 0.15) is 23.2 Å². The number of rotatable bonds is 2. The van der Waals surface area contributed by atoms with Crippen LogP contribution in [0.3, 0.4) is 0 Å². The highest BCUT2D eigenvalue weighted by Gasteiger charge is 2.11. The minimum absolute atomic E-state index is 0.305. The Bertz CT molecular complexity index is 1060. The molecule has 0 unspecified atom stereocenters. The van der Waals surface area contributed by atoms with Crippen LogP contribution < -0.4 is 0 Å². The molecule has 0 fully saturated rings. The third-order valence-corrected chi connectivity index (χ3v) is 3.51. The van der Waals surface area contributed by atoms with Crippen LogP contribution >= 0.6 is 0 Å². The van der Waals surface area contributed by atoms with Crippen LogP contribution in [0.4, 0.5) is 4.39 Å². The van der Waals surface area contributed by atoms with Crippen molar-refractivity contribution in [3.05, 3.63) is 60.3 Å². The van der Waals surface area contributed by atoms with E-state index in [1.807, 2.05) is 30.3 Å². The minimum atomic E-state index is -0.323. The predicted molar refractivity (Wildman–Crippen MR) is 80.7 cm³/mol. The normalized spacial score (nSPS) is 10.8. The number of imidazole rings is 1. The number of aromatic nitrogens is 5. The predicted octanol–water partition coefficient (Wildman–Crippen LogP) is 2.80. The molecular weight excluding hydrogens is 295 g/mol. The van der Waals surface area contributed by atoms with Gasteiger partial charge in [0.2, 0.25) is 0 Å². The van der Waals surface area contributed by atoms with Gasteiger partial charge in [-0.3, -0.25) is 0 Å². The third kappa shape index (κ3) is 2.22. The van der Waals surface area contributed by atoms with Crippen molar-refractivity contribution in [1.82, 2.24) is 24.8 Å². The molecule has 0 aliphatic carbocycles. The Kier molecular flexibility index (Phi) is 2.88. The highest BCUT2D eigenvalue weighted by atomic mass is 19.1. The fraction of sp³-hybridized carbons (Fsp3) is 0. The smallest absolute Gasteiger partial charge is 0.163 e. The number of aromatic amines is 1. The summed E-state index contributed by atoms with van der Waals surface area (Å²) in [5.41, 5.74) is 3.77. The van der Waals surface area contributed by atoms with Crippen LogP contribution in [-0.2, 0) is 0 Å². The number of nitrogens with zero attached hydrogens (tertiary/aromatic N) is 5. The lowest BCUT2D eigenvalue weighted by atomic mass is 10.1. The zero-order valence-electron chi connectivity index (χ0n) is 11.7. The number of nitrogens with one attached hydrogen (secondary N) is 1. The van der Waals surface area contributed by atoms with Gasteiger partial charge >= 0.3 is 0 Å². The molecule has 7 heteroatoms. The lowest BCUT2D eigenvalue weighted by Crippen LogP contribution is -1.84. The molecule has 0 atom stereocenters. The van der Waals surface area contributed by atoms with Crippen LogP contribution in [0.1, 0.15) is 5.69 Å². The Morgan fingerprint density at radius 2 is 2.00 bits per heavy atom. The summed E-state index contributed by atoms with van der Waals surface area (Å²) >= 11 is 0. The maximum absolute atomic E-state index is 13.3. The van der Waals surface area contributed by atoms with E-state index in [0.717, 1.165) is 11.1 Å². The van der Waals surface area contributed by atoms with Crippen LogP contribution in [0.15, 0.2) is 48.8 Å². The molecular formula is C16H9FN6. The minimum Gasteiger partial charge on any atom is -0.304 e. The topological polar surface area (TPSA) is 82.7 Å². The summed E-state index contributed by atoms with van der Waals surface area (Å²) in [6.07, 6.45) is 3.13. The molecule has 0 radical (unpaired) electrons. The van der Waals surface area contributed by atoms with Crippen molar-refractivity contribution >= 4 is 5.65 Å². The summed E-state index contributed by atoms with van der Waals surface area (Å²) in [4.78, 5) is 4.48. The van der Waals surface area contributed by atoms with Gasteiger partial charge in [-0.05, 0) is 18.2 Å². The van der Waals surface area contributed by atoms with E-state index in [9.17, 15) is 4.39 Å². The SMILES string of the molecule is N#Cc1[nH]nnc1-c1cccc(-c2cn3cc(F)ccc3n2)c1. The number of pyridine rings is 1. The second-order valence-corrected chi connectivity index (χ2v) is 4.97. The van der Waals surface area contributed by atoms with E-state index in [4.69, 9.17) is 5.26 Å². The van der Waals surface area contributed by atoms with Gasteiger partial charge in [-0.25, -0.2) is 14.5 Å².